The molecule has 0 heterocycles. The van der Waals surface area contributed by atoms with Crippen LogP contribution in [0, 0.1) is 0 Å². The first-order chi connectivity index (χ1) is 12.5. The summed E-state index contributed by atoms with van der Waals surface area (Å²) in [5, 5.41) is 2.60. The topological polar surface area (TPSA) is 64.6 Å². The number of anilines is 1. The van der Waals surface area contributed by atoms with Gasteiger partial charge in [0.2, 0.25) is 0 Å². The van der Waals surface area contributed by atoms with E-state index in [4.69, 9.17) is 4.74 Å². The van der Waals surface area contributed by atoms with Crippen molar-refractivity contribution < 1.29 is 27.8 Å². The number of benzene rings is 2. The van der Waals surface area contributed by atoms with E-state index in [1.807, 2.05) is 0 Å². The molecule has 7 heteroatoms. The van der Waals surface area contributed by atoms with Crippen LogP contribution in [0.3, 0.4) is 0 Å². The monoisotopic (exact) mass is 361 g/mol. The lowest BCUT2D eigenvalue weighted by Crippen LogP contribution is -2.14. The maximum absolute atomic E-state index is 12.4. The van der Waals surface area contributed by atoms with Crippen molar-refractivity contribution in [3.63, 3.8) is 0 Å². The fourth-order valence-electron chi connectivity index (χ4n) is 2.08. The smallest absolute Gasteiger partial charge is 0.387 e. The van der Waals surface area contributed by atoms with Gasteiger partial charge in [0.15, 0.2) is 0 Å². The van der Waals surface area contributed by atoms with Gasteiger partial charge in [0.25, 0.3) is 5.91 Å². The molecule has 2 rings (SSSR count). The first kappa shape index (κ1) is 19.1. The highest BCUT2D eigenvalue weighted by Crippen LogP contribution is 2.22. The second kappa shape index (κ2) is 9.31. The molecule has 2 aromatic rings. The summed E-state index contributed by atoms with van der Waals surface area (Å²) in [5.41, 5.74) is 1.20. The Kier molecular flexibility index (Phi) is 6.84. The first-order valence-electron chi connectivity index (χ1n) is 7.79. The summed E-state index contributed by atoms with van der Waals surface area (Å²) < 4.78 is 34.0. The SMILES string of the molecule is CCOC(=O)/C=C/c1ccc(NC(=O)c2ccccc2OC(F)F)cc1. The zero-order valence-electron chi connectivity index (χ0n) is 13.9. The Hall–Kier alpha value is -3.22. The Labute approximate surface area is 149 Å². The van der Waals surface area contributed by atoms with Crippen molar-refractivity contribution in [3.8, 4) is 5.75 Å². The van der Waals surface area contributed by atoms with Crippen molar-refractivity contribution >= 4 is 23.6 Å². The van der Waals surface area contributed by atoms with E-state index in [9.17, 15) is 18.4 Å². The Balaban J connectivity index is 2.05. The van der Waals surface area contributed by atoms with Crippen LogP contribution in [0.4, 0.5) is 14.5 Å². The van der Waals surface area contributed by atoms with E-state index >= 15 is 0 Å². The number of para-hydroxylation sites is 1. The lowest BCUT2D eigenvalue weighted by molar-refractivity contribution is -0.137. The predicted octanol–water partition coefficient (Wildman–Crippen LogP) is 4.12. The molecule has 0 saturated heterocycles. The fourth-order valence-corrected chi connectivity index (χ4v) is 2.08. The summed E-state index contributed by atoms with van der Waals surface area (Å²) >= 11 is 0. The third-order valence-electron chi connectivity index (χ3n) is 3.21. The quantitative estimate of drug-likeness (QED) is 0.595. The molecule has 0 bridgehead atoms. The van der Waals surface area contributed by atoms with Crippen LogP contribution in [0.5, 0.6) is 5.75 Å². The van der Waals surface area contributed by atoms with Crippen molar-refractivity contribution in [2.75, 3.05) is 11.9 Å². The summed E-state index contributed by atoms with van der Waals surface area (Å²) in [6.07, 6.45) is 2.88. The van der Waals surface area contributed by atoms with E-state index in [-0.39, 0.29) is 11.3 Å². The van der Waals surface area contributed by atoms with Crippen molar-refractivity contribution in [1.29, 1.82) is 0 Å². The van der Waals surface area contributed by atoms with Crippen LogP contribution in [-0.4, -0.2) is 25.1 Å². The van der Waals surface area contributed by atoms with Crippen molar-refractivity contribution in [3.05, 3.63) is 65.7 Å². The molecular formula is C19H17F2NO4. The molecule has 1 N–H and O–H groups in total. The van der Waals surface area contributed by atoms with Crippen LogP contribution < -0.4 is 10.1 Å². The van der Waals surface area contributed by atoms with Crippen LogP contribution >= 0.6 is 0 Å². The third kappa shape index (κ3) is 5.70. The lowest BCUT2D eigenvalue weighted by atomic mass is 10.1. The Morgan fingerprint density at radius 2 is 1.81 bits per heavy atom. The number of carbonyl (C=O) groups is 2. The number of halogens is 2. The average Bonchev–Trinajstić information content (AvgIpc) is 2.61. The normalized spacial score (nSPS) is 10.8. The molecule has 0 spiro atoms. The van der Waals surface area contributed by atoms with Crippen LogP contribution in [-0.2, 0) is 9.53 Å². The van der Waals surface area contributed by atoms with Crippen LogP contribution in [0.2, 0.25) is 0 Å². The summed E-state index contributed by atoms with van der Waals surface area (Å²) in [6.45, 7) is -1.01. The maximum atomic E-state index is 12.4. The number of amides is 1. The molecule has 0 fully saturated rings. The minimum absolute atomic E-state index is 0.000849. The number of esters is 1. The second-order valence-electron chi connectivity index (χ2n) is 5.04. The van der Waals surface area contributed by atoms with Gasteiger partial charge in [-0.3, -0.25) is 4.79 Å². The number of ether oxygens (including phenoxy) is 2. The summed E-state index contributed by atoms with van der Waals surface area (Å²) in [4.78, 5) is 23.5. The molecule has 0 aliphatic rings. The molecule has 1 amide bonds. The van der Waals surface area contributed by atoms with E-state index in [2.05, 4.69) is 10.1 Å². The van der Waals surface area contributed by atoms with Crippen molar-refractivity contribution in [2.45, 2.75) is 13.5 Å². The van der Waals surface area contributed by atoms with Gasteiger partial charge in [-0.05, 0) is 42.8 Å². The molecule has 26 heavy (non-hydrogen) atoms. The molecule has 0 aliphatic carbocycles. The van der Waals surface area contributed by atoms with Gasteiger partial charge in [0.1, 0.15) is 5.75 Å². The summed E-state index contributed by atoms with van der Waals surface area (Å²) in [7, 11) is 0. The molecule has 0 atom stereocenters. The van der Waals surface area contributed by atoms with Gasteiger partial charge >= 0.3 is 12.6 Å². The Bertz CT molecular complexity index is 788. The number of nitrogens with one attached hydrogen (secondary N) is 1. The number of carbonyl (C=O) groups excluding carboxylic acids is 2. The first-order valence-corrected chi connectivity index (χ1v) is 7.79. The van der Waals surface area contributed by atoms with Gasteiger partial charge < -0.3 is 14.8 Å². The highest BCUT2D eigenvalue weighted by atomic mass is 19.3. The van der Waals surface area contributed by atoms with Gasteiger partial charge in [-0.2, -0.15) is 8.78 Å². The summed E-state index contributed by atoms with van der Waals surface area (Å²) in [5.74, 6) is -1.22. The van der Waals surface area contributed by atoms with Gasteiger partial charge in [0, 0.05) is 11.8 Å². The van der Waals surface area contributed by atoms with E-state index in [1.54, 1.807) is 43.3 Å². The second-order valence-corrected chi connectivity index (χ2v) is 5.04. The number of hydrogen-bond donors (Lipinski definition) is 1. The van der Waals surface area contributed by atoms with Crippen molar-refractivity contribution in [1.82, 2.24) is 0 Å². The molecule has 2 aromatic carbocycles. The van der Waals surface area contributed by atoms with Crippen LogP contribution in [0.25, 0.3) is 6.08 Å². The molecule has 0 aliphatic heterocycles. The van der Waals surface area contributed by atoms with Crippen LogP contribution in [0.15, 0.2) is 54.6 Å². The summed E-state index contributed by atoms with van der Waals surface area (Å²) in [6, 6.07) is 12.4. The van der Waals surface area contributed by atoms with E-state index in [1.165, 1.54) is 24.3 Å². The largest absolute Gasteiger partial charge is 0.463 e. The standard InChI is InChI=1S/C19H17F2NO4/c1-2-25-17(23)12-9-13-7-10-14(11-8-13)22-18(24)15-5-3-4-6-16(15)26-19(20)21/h3-12,19H,2H2,1H3,(H,22,24)/b12-9+. The minimum Gasteiger partial charge on any atom is -0.463 e. The van der Waals surface area contributed by atoms with E-state index < -0.39 is 18.5 Å². The van der Waals surface area contributed by atoms with E-state index in [0.717, 1.165) is 5.56 Å². The zero-order valence-corrected chi connectivity index (χ0v) is 13.9. The minimum atomic E-state index is -3.02. The predicted molar refractivity (Wildman–Crippen MR) is 93.1 cm³/mol. The molecular weight excluding hydrogens is 344 g/mol. The highest BCUT2D eigenvalue weighted by Gasteiger charge is 2.15. The third-order valence-corrected chi connectivity index (χ3v) is 3.21. The number of alkyl halides is 2. The molecule has 136 valence electrons. The molecule has 5 nitrogen and oxygen atoms in total. The van der Waals surface area contributed by atoms with Gasteiger partial charge in [-0.15, -0.1) is 0 Å². The zero-order chi connectivity index (χ0) is 18.9. The van der Waals surface area contributed by atoms with Gasteiger partial charge in [-0.25, -0.2) is 4.79 Å². The fraction of sp³-hybridized carbons (Fsp3) is 0.158. The number of rotatable bonds is 7. The van der Waals surface area contributed by atoms with Gasteiger partial charge in [0.05, 0.1) is 12.2 Å². The maximum Gasteiger partial charge on any atom is 0.387 e. The molecule has 0 radical (unpaired) electrons. The van der Waals surface area contributed by atoms with E-state index in [0.29, 0.717) is 12.3 Å². The van der Waals surface area contributed by atoms with Crippen LogP contribution in [0.1, 0.15) is 22.8 Å². The van der Waals surface area contributed by atoms with Crippen molar-refractivity contribution in [2.24, 2.45) is 0 Å². The molecule has 0 aromatic heterocycles. The molecule has 0 saturated carbocycles. The Morgan fingerprint density at radius 3 is 2.46 bits per heavy atom. The molecule has 0 unspecified atom stereocenters. The highest BCUT2D eigenvalue weighted by molar-refractivity contribution is 6.06. The lowest BCUT2D eigenvalue weighted by Gasteiger charge is -2.11. The number of hydrogen-bond acceptors (Lipinski definition) is 4. The average molecular weight is 361 g/mol. The van der Waals surface area contributed by atoms with Gasteiger partial charge in [-0.1, -0.05) is 24.3 Å². The Morgan fingerprint density at radius 1 is 1.12 bits per heavy atom.